The molecule has 1 N–H and O–H groups in total. The lowest BCUT2D eigenvalue weighted by Gasteiger charge is -2.33. The van der Waals surface area contributed by atoms with Crippen molar-refractivity contribution in [2.45, 2.75) is 77.6 Å². The molecule has 0 amide bonds. The smallest absolute Gasteiger partial charge is 0.311 e. The van der Waals surface area contributed by atoms with Gasteiger partial charge in [-0.05, 0) is 39.2 Å². The zero-order chi connectivity index (χ0) is 18.5. The van der Waals surface area contributed by atoms with E-state index in [1.54, 1.807) is 0 Å². The summed E-state index contributed by atoms with van der Waals surface area (Å²) in [6, 6.07) is 10.1. The van der Waals surface area contributed by atoms with Gasteiger partial charge in [-0.2, -0.15) is 0 Å². The summed E-state index contributed by atoms with van der Waals surface area (Å²) < 4.78 is 11.6. The number of aliphatic hydroxyl groups is 1. The second-order valence-electron chi connectivity index (χ2n) is 8.18. The van der Waals surface area contributed by atoms with Crippen LogP contribution < -0.4 is 0 Å². The molecule has 1 aliphatic carbocycles. The van der Waals surface area contributed by atoms with E-state index < -0.39 is 11.2 Å². The molecular formula is C21H32O4. The first kappa shape index (κ1) is 19.9. The summed E-state index contributed by atoms with van der Waals surface area (Å²) in [5.41, 5.74) is 0.654. The fourth-order valence-corrected chi connectivity index (χ4v) is 3.19. The van der Waals surface area contributed by atoms with Crippen LogP contribution in [0.5, 0.6) is 0 Å². The van der Waals surface area contributed by atoms with Gasteiger partial charge in [0.1, 0.15) is 0 Å². The van der Waals surface area contributed by atoms with Gasteiger partial charge in [-0.1, -0.05) is 37.3 Å². The maximum Gasteiger partial charge on any atom is 0.311 e. The molecule has 0 saturated heterocycles. The van der Waals surface area contributed by atoms with Crippen molar-refractivity contribution < 1.29 is 19.4 Å². The van der Waals surface area contributed by atoms with Crippen LogP contribution in [0, 0.1) is 5.41 Å². The number of esters is 1. The summed E-state index contributed by atoms with van der Waals surface area (Å²) in [5.74, 6) is -1.14. The predicted octanol–water partition coefficient (Wildman–Crippen LogP) is 4.42. The third-order valence-corrected chi connectivity index (χ3v) is 4.89. The normalized spacial score (nSPS) is 19.4. The molecule has 1 unspecified atom stereocenters. The zero-order valence-corrected chi connectivity index (χ0v) is 16.0. The van der Waals surface area contributed by atoms with Crippen LogP contribution in [0.2, 0.25) is 0 Å². The fraction of sp³-hybridized carbons (Fsp3) is 0.667. The molecule has 4 heteroatoms. The number of carbonyl (C=O) groups excluding carboxylic acids is 1. The third-order valence-electron chi connectivity index (χ3n) is 4.89. The first-order valence-electron chi connectivity index (χ1n) is 9.34. The molecule has 0 aromatic heterocycles. The second-order valence-corrected chi connectivity index (χ2v) is 8.18. The maximum atomic E-state index is 12.0. The van der Waals surface area contributed by atoms with Gasteiger partial charge in [0.05, 0.1) is 18.1 Å². The molecule has 25 heavy (non-hydrogen) atoms. The Morgan fingerprint density at radius 1 is 1.20 bits per heavy atom. The van der Waals surface area contributed by atoms with Crippen molar-refractivity contribution in [1.82, 2.24) is 0 Å². The van der Waals surface area contributed by atoms with E-state index in [0.29, 0.717) is 25.9 Å². The van der Waals surface area contributed by atoms with E-state index in [1.807, 2.05) is 39.0 Å². The van der Waals surface area contributed by atoms with Crippen molar-refractivity contribution >= 4 is 5.97 Å². The van der Waals surface area contributed by atoms with Crippen molar-refractivity contribution in [2.24, 2.45) is 5.41 Å². The van der Waals surface area contributed by atoms with Gasteiger partial charge in [-0.15, -0.1) is 0 Å². The van der Waals surface area contributed by atoms with Gasteiger partial charge in [-0.25, -0.2) is 0 Å². The Kier molecular flexibility index (Phi) is 6.64. The number of hydrogen-bond donors (Lipinski definition) is 1. The number of carbonyl (C=O) groups is 1. The van der Waals surface area contributed by atoms with Crippen molar-refractivity contribution in [3.05, 3.63) is 35.9 Å². The van der Waals surface area contributed by atoms with Crippen LogP contribution in [0.1, 0.15) is 71.3 Å². The van der Waals surface area contributed by atoms with Gasteiger partial charge in [-0.3, -0.25) is 4.79 Å². The highest BCUT2D eigenvalue weighted by Gasteiger charge is 2.36. The SMILES string of the molecule is CC(c1ccccc1)[C@@H](CCOC(=O)C(C)(C)C)OC1(O)CCCC1. The number of hydrogen-bond acceptors (Lipinski definition) is 4. The Bertz CT molecular complexity index is 541. The lowest BCUT2D eigenvalue weighted by atomic mass is 9.93. The Morgan fingerprint density at radius 3 is 2.36 bits per heavy atom. The number of ether oxygens (including phenoxy) is 2. The van der Waals surface area contributed by atoms with Crippen LogP contribution >= 0.6 is 0 Å². The van der Waals surface area contributed by atoms with Gasteiger partial charge in [0.25, 0.3) is 0 Å². The quantitative estimate of drug-likeness (QED) is 0.585. The lowest BCUT2D eigenvalue weighted by Crippen LogP contribution is -2.37. The molecule has 0 bridgehead atoms. The minimum absolute atomic E-state index is 0.110. The van der Waals surface area contributed by atoms with Gasteiger partial charge >= 0.3 is 5.97 Å². The Labute approximate surface area is 151 Å². The molecule has 1 aromatic rings. The average molecular weight is 348 g/mol. The number of rotatable bonds is 7. The minimum atomic E-state index is -1.04. The molecule has 1 aliphatic rings. The molecule has 0 aliphatic heterocycles. The number of benzene rings is 1. The highest BCUT2D eigenvalue weighted by molar-refractivity contribution is 5.75. The van der Waals surface area contributed by atoms with Crippen molar-refractivity contribution in [3.63, 3.8) is 0 Å². The summed E-state index contributed by atoms with van der Waals surface area (Å²) >= 11 is 0. The summed E-state index contributed by atoms with van der Waals surface area (Å²) in [4.78, 5) is 12.0. The summed E-state index contributed by atoms with van der Waals surface area (Å²) in [7, 11) is 0. The predicted molar refractivity (Wildman–Crippen MR) is 98.2 cm³/mol. The maximum absolute atomic E-state index is 12.0. The van der Waals surface area contributed by atoms with Crippen LogP contribution in [-0.2, 0) is 14.3 Å². The fourth-order valence-electron chi connectivity index (χ4n) is 3.19. The molecule has 2 rings (SSSR count). The first-order valence-corrected chi connectivity index (χ1v) is 9.34. The van der Waals surface area contributed by atoms with Gasteiger partial charge in [0, 0.05) is 25.2 Å². The Hall–Kier alpha value is -1.39. The summed E-state index contributed by atoms with van der Waals surface area (Å²) in [6.07, 6.45) is 3.70. The molecule has 1 fully saturated rings. The second kappa shape index (κ2) is 8.33. The third kappa shape index (κ3) is 5.82. The highest BCUT2D eigenvalue weighted by atomic mass is 16.6. The van der Waals surface area contributed by atoms with Crippen LogP contribution in [0.3, 0.4) is 0 Å². The van der Waals surface area contributed by atoms with Crippen LogP contribution in [-0.4, -0.2) is 29.6 Å². The monoisotopic (exact) mass is 348 g/mol. The molecule has 4 nitrogen and oxygen atoms in total. The largest absolute Gasteiger partial charge is 0.465 e. The molecule has 0 radical (unpaired) electrons. The van der Waals surface area contributed by atoms with Crippen molar-refractivity contribution in [2.75, 3.05) is 6.61 Å². The van der Waals surface area contributed by atoms with Crippen LogP contribution in [0.25, 0.3) is 0 Å². The molecule has 1 saturated carbocycles. The molecular weight excluding hydrogens is 316 g/mol. The van der Waals surface area contributed by atoms with Crippen molar-refractivity contribution in [1.29, 1.82) is 0 Å². The van der Waals surface area contributed by atoms with E-state index >= 15 is 0 Å². The molecule has 2 atom stereocenters. The van der Waals surface area contributed by atoms with Crippen molar-refractivity contribution in [3.8, 4) is 0 Å². The molecule has 0 heterocycles. The van der Waals surface area contributed by atoms with Gasteiger partial charge in [0.15, 0.2) is 5.79 Å². The van der Waals surface area contributed by atoms with Crippen LogP contribution in [0.4, 0.5) is 0 Å². The van der Waals surface area contributed by atoms with Crippen LogP contribution in [0.15, 0.2) is 30.3 Å². The van der Waals surface area contributed by atoms with E-state index in [2.05, 4.69) is 19.1 Å². The molecule has 0 spiro atoms. The molecule has 140 valence electrons. The average Bonchev–Trinajstić information content (AvgIpc) is 2.99. The zero-order valence-electron chi connectivity index (χ0n) is 16.0. The summed E-state index contributed by atoms with van der Waals surface area (Å²) in [5, 5.41) is 10.7. The standard InChI is InChI=1S/C21H32O4/c1-16(17-10-6-5-7-11-17)18(25-21(23)13-8-9-14-21)12-15-24-19(22)20(2,3)4/h5-7,10-11,16,18,23H,8-9,12-15H2,1-4H3/t16?,18-/m1/s1. The van der Waals surface area contributed by atoms with E-state index in [4.69, 9.17) is 9.47 Å². The Morgan fingerprint density at radius 2 is 1.80 bits per heavy atom. The highest BCUT2D eigenvalue weighted by Crippen LogP contribution is 2.35. The lowest BCUT2D eigenvalue weighted by molar-refractivity contribution is -0.231. The topological polar surface area (TPSA) is 55.8 Å². The first-order chi connectivity index (χ1) is 11.7. The van der Waals surface area contributed by atoms with E-state index in [1.165, 1.54) is 0 Å². The summed E-state index contributed by atoms with van der Waals surface area (Å²) in [6.45, 7) is 7.93. The van der Waals surface area contributed by atoms with Gasteiger partial charge < -0.3 is 14.6 Å². The van der Waals surface area contributed by atoms with E-state index in [-0.39, 0.29) is 18.0 Å². The van der Waals surface area contributed by atoms with E-state index in [0.717, 1.165) is 18.4 Å². The Balaban J connectivity index is 2.02. The van der Waals surface area contributed by atoms with Gasteiger partial charge in [0.2, 0.25) is 0 Å². The molecule has 1 aromatic carbocycles. The van der Waals surface area contributed by atoms with E-state index in [9.17, 15) is 9.90 Å². The minimum Gasteiger partial charge on any atom is -0.465 e.